The van der Waals surface area contributed by atoms with Crippen LogP contribution in [0.4, 0.5) is 0 Å². The smallest absolute Gasteiger partial charge is 0.0919 e. The quantitative estimate of drug-likeness (QED) is 0.891. The summed E-state index contributed by atoms with van der Waals surface area (Å²) in [6.07, 6.45) is -0.163. The maximum atomic E-state index is 10.4. The zero-order valence-corrected chi connectivity index (χ0v) is 11.5. The molecule has 18 heavy (non-hydrogen) atoms. The number of rotatable bonds is 3. The molecule has 0 aliphatic carbocycles. The van der Waals surface area contributed by atoms with E-state index in [-0.39, 0.29) is 6.10 Å². The van der Waals surface area contributed by atoms with Gasteiger partial charge in [0, 0.05) is 19.1 Å². The molecule has 1 fully saturated rings. The van der Waals surface area contributed by atoms with Crippen LogP contribution in [0, 0.1) is 6.92 Å². The molecule has 1 saturated heterocycles. The highest BCUT2D eigenvalue weighted by molar-refractivity contribution is 5.27. The third-order valence-electron chi connectivity index (χ3n) is 3.69. The lowest BCUT2D eigenvalue weighted by Gasteiger charge is -2.38. The van der Waals surface area contributed by atoms with E-state index in [9.17, 15) is 5.11 Å². The first-order chi connectivity index (χ1) is 8.58. The fraction of sp³-hybridized carbons (Fsp3) is 0.600. The summed E-state index contributed by atoms with van der Waals surface area (Å²) < 4.78 is 5.61. The van der Waals surface area contributed by atoms with E-state index < -0.39 is 6.10 Å². The summed E-state index contributed by atoms with van der Waals surface area (Å²) in [5.74, 6) is 0. The second-order valence-corrected chi connectivity index (χ2v) is 5.32. The zero-order valence-electron chi connectivity index (χ0n) is 11.5. The first kappa shape index (κ1) is 13.5. The second kappa shape index (κ2) is 5.83. The highest BCUT2D eigenvalue weighted by Gasteiger charge is 2.25. The Morgan fingerprint density at radius 2 is 2.11 bits per heavy atom. The van der Waals surface area contributed by atoms with Crippen molar-refractivity contribution in [3.63, 3.8) is 0 Å². The fourth-order valence-corrected chi connectivity index (χ4v) is 2.51. The minimum absolute atomic E-state index is 0.255. The summed E-state index contributed by atoms with van der Waals surface area (Å²) in [4.78, 5) is 2.31. The summed E-state index contributed by atoms with van der Waals surface area (Å²) in [5, 5.41) is 10.4. The van der Waals surface area contributed by atoms with Crippen LogP contribution in [-0.2, 0) is 4.74 Å². The minimum atomic E-state index is -0.418. The predicted molar refractivity (Wildman–Crippen MR) is 72.6 cm³/mol. The lowest BCUT2D eigenvalue weighted by molar-refractivity contribution is -0.0620. The van der Waals surface area contributed by atoms with Gasteiger partial charge >= 0.3 is 0 Å². The standard InChI is InChI=1S/C15H23NO2/c1-11-6-4-5-7-14(11)15(17)9-16-8-13(3)18-10-12(16)2/h4-7,12-13,15,17H,8-10H2,1-3H3. The Labute approximate surface area is 109 Å². The van der Waals surface area contributed by atoms with Crippen LogP contribution in [0.3, 0.4) is 0 Å². The van der Waals surface area contributed by atoms with Crippen LogP contribution in [0.2, 0.25) is 0 Å². The first-order valence-electron chi connectivity index (χ1n) is 6.67. The molecule has 1 aromatic rings. The van der Waals surface area contributed by atoms with E-state index in [2.05, 4.69) is 18.7 Å². The molecule has 0 spiro atoms. The van der Waals surface area contributed by atoms with Crippen LogP contribution in [0.25, 0.3) is 0 Å². The molecule has 3 unspecified atom stereocenters. The molecule has 0 amide bonds. The molecule has 3 atom stereocenters. The highest BCUT2D eigenvalue weighted by atomic mass is 16.5. The number of aryl methyl sites for hydroxylation is 1. The Morgan fingerprint density at radius 1 is 1.39 bits per heavy atom. The van der Waals surface area contributed by atoms with Crippen molar-refractivity contribution < 1.29 is 9.84 Å². The summed E-state index contributed by atoms with van der Waals surface area (Å²) in [6, 6.07) is 8.42. The molecule has 0 radical (unpaired) electrons. The monoisotopic (exact) mass is 249 g/mol. The average Bonchev–Trinajstić information content (AvgIpc) is 2.34. The average molecular weight is 249 g/mol. The molecule has 0 saturated carbocycles. The van der Waals surface area contributed by atoms with Gasteiger partial charge in [-0.15, -0.1) is 0 Å². The molecule has 2 rings (SSSR count). The molecule has 1 N–H and O–H groups in total. The Balaban J connectivity index is 2.02. The third kappa shape index (κ3) is 3.10. The molecular formula is C15H23NO2. The number of benzene rings is 1. The molecule has 1 aliphatic rings. The van der Waals surface area contributed by atoms with Crippen molar-refractivity contribution in [3.8, 4) is 0 Å². The van der Waals surface area contributed by atoms with E-state index in [4.69, 9.17) is 4.74 Å². The van der Waals surface area contributed by atoms with E-state index in [0.29, 0.717) is 12.6 Å². The van der Waals surface area contributed by atoms with Gasteiger partial charge in [0.1, 0.15) is 0 Å². The number of β-amino-alcohol motifs (C(OH)–C–C–N with tert-alkyl or cyclic N) is 1. The molecule has 1 aliphatic heterocycles. The van der Waals surface area contributed by atoms with Gasteiger partial charge < -0.3 is 9.84 Å². The van der Waals surface area contributed by atoms with Crippen LogP contribution in [0.15, 0.2) is 24.3 Å². The van der Waals surface area contributed by atoms with Gasteiger partial charge in [0.2, 0.25) is 0 Å². The number of aliphatic hydroxyl groups is 1. The molecular weight excluding hydrogens is 226 g/mol. The van der Waals surface area contributed by atoms with Crippen molar-refractivity contribution in [1.29, 1.82) is 0 Å². The number of aliphatic hydroxyl groups excluding tert-OH is 1. The lowest BCUT2D eigenvalue weighted by atomic mass is 10.0. The van der Waals surface area contributed by atoms with Gasteiger partial charge in [-0.05, 0) is 31.9 Å². The van der Waals surface area contributed by atoms with E-state index in [1.54, 1.807) is 0 Å². The normalized spacial score (nSPS) is 27.1. The fourth-order valence-electron chi connectivity index (χ4n) is 2.51. The topological polar surface area (TPSA) is 32.7 Å². The van der Waals surface area contributed by atoms with E-state index in [1.807, 2.05) is 31.2 Å². The molecule has 3 nitrogen and oxygen atoms in total. The molecule has 1 aromatic carbocycles. The summed E-state index contributed by atoms with van der Waals surface area (Å²) >= 11 is 0. The second-order valence-electron chi connectivity index (χ2n) is 5.32. The maximum absolute atomic E-state index is 10.4. The Morgan fingerprint density at radius 3 is 2.83 bits per heavy atom. The number of ether oxygens (including phenoxy) is 1. The molecule has 3 heteroatoms. The maximum Gasteiger partial charge on any atom is 0.0919 e. The van der Waals surface area contributed by atoms with Gasteiger partial charge in [0.15, 0.2) is 0 Å². The number of hydrogen-bond acceptors (Lipinski definition) is 3. The van der Waals surface area contributed by atoms with Crippen molar-refractivity contribution in [2.75, 3.05) is 19.7 Å². The first-order valence-corrected chi connectivity index (χ1v) is 6.67. The SMILES string of the molecule is Cc1ccccc1C(O)CN1CC(C)OCC1C. The van der Waals surface area contributed by atoms with Crippen molar-refractivity contribution in [2.24, 2.45) is 0 Å². The lowest BCUT2D eigenvalue weighted by Crippen LogP contribution is -2.48. The van der Waals surface area contributed by atoms with Gasteiger partial charge in [0.05, 0.1) is 18.8 Å². The Hall–Kier alpha value is -0.900. The Kier molecular flexibility index (Phi) is 4.38. The number of hydrogen-bond donors (Lipinski definition) is 1. The van der Waals surface area contributed by atoms with Gasteiger partial charge in [-0.1, -0.05) is 24.3 Å². The number of nitrogens with zero attached hydrogens (tertiary/aromatic N) is 1. The minimum Gasteiger partial charge on any atom is -0.387 e. The Bertz CT molecular complexity index is 394. The largest absolute Gasteiger partial charge is 0.387 e. The van der Waals surface area contributed by atoms with Crippen molar-refractivity contribution >= 4 is 0 Å². The van der Waals surface area contributed by atoms with Gasteiger partial charge in [-0.3, -0.25) is 4.90 Å². The molecule has 1 heterocycles. The van der Waals surface area contributed by atoms with Crippen molar-refractivity contribution in [2.45, 2.75) is 39.0 Å². The van der Waals surface area contributed by atoms with Crippen molar-refractivity contribution in [3.05, 3.63) is 35.4 Å². The number of morpholine rings is 1. The molecule has 0 aromatic heterocycles. The summed E-state index contributed by atoms with van der Waals surface area (Å²) in [5.41, 5.74) is 2.18. The van der Waals surface area contributed by atoms with Crippen molar-refractivity contribution in [1.82, 2.24) is 4.90 Å². The zero-order chi connectivity index (χ0) is 13.1. The van der Waals surface area contributed by atoms with Crippen LogP contribution < -0.4 is 0 Å². The van der Waals surface area contributed by atoms with Gasteiger partial charge in [0.25, 0.3) is 0 Å². The van der Waals surface area contributed by atoms with Crippen LogP contribution in [-0.4, -0.2) is 41.8 Å². The van der Waals surface area contributed by atoms with E-state index in [1.165, 1.54) is 0 Å². The highest BCUT2D eigenvalue weighted by Crippen LogP contribution is 2.21. The van der Waals surface area contributed by atoms with Gasteiger partial charge in [-0.2, -0.15) is 0 Å². The third-order valence-corrected chi connectivity index (χ3v) is 3.69. The molecule has 100 valence electrons. The van der Waals surface area contributed by atoms with Crippen LogP contribution in [0.1, 0.15) is 31.1 Å². The summed E-state index contributed by atoms with van der Waals surface area (Å²) in [6.45, 7) is 8.60. The van der Waals surface area contributed by atoms with Crippen LogP contribution >= 0.6 is 0 Å². The molecule has 0 bridgehead atoms. The van der Waals surface area contributed by atoms with E-state index in [0.717, 1.165) is 24.3 Å². The van der Waals surface area contributed by atoms with Crippen LogP contribution in [0.5, 0.6) is 0 Å². The summed E-state index contributed by atoms with van der Waals surface area (Å²) in [7, 11) is 0. The van der Waals surface area contributed by atoms with Gasteiger partial charge in [-0.25, -0.2) is 0 Å². The predicted octanol–water partition coefficient (Wildman–Crippen LogP) is 2.14. The van der Waals surface area contributed by atoms with E-state index >= 15 is 0 Å².